The van der Waals surface area contributed by atoms with Crippen molar-refractivity contribution in [3.8, 4) is 0 Å². The lowest BCUT2D eigenvalue weighted by atomic mass is 9.73. The average molecular weight is 220 g/mol. The summed E-state index contributed by atoms with van der Waals surface area (Å²) in [5.41, 5.74) is 5.27. The predicted molar refractivity (Wildman–Crippen MR) is 52.9 cm³/mol. The van der Waals surface area contributed by atoms with Gasteiger partial charge in [0.2, 0.25) is 0 Å². The van der Waals surface area contributed by atoms with Gasteiger partial charge < -0.3 is 10.5 Å². The molecule has 0 aromatic heterocycles. The zero-order valence-corrected chi connectivity index (χ0v) is 8.85. The lowest BCUT2D eigenvalue weighted by molar-refractivity contribution is -0.118. The van der Waals surface area contributed by atoms with Crippen molar-refractivity contribution in [2.45, 2.75) is 18.8 Å². The largest absolute Gasteiger partial charge is 0.381 e. The summed E-state index contributed by atoms with van der Waals surface area (Å²) in [5.74, 6) is -2.73. The highest BCUT2D eigenvalue weighted by molar-refractivity contribution is 4.97. The molecule has 2 aliphatic heterocycles. The van der Waals surface area contributed by atoms with Crippen LogP contribution in [-0.2, 0) is 4.74 Å². The van der Waals surface area contributed by atoms with Gasteiger partial charge in [-0.1, -0.05) is 0 Å². The first-order valence-corrected chi connectivity index (χ1v) is 5.43. The van der Waals surface area contributed by atoms with Crippen LogP contribution in [0.4, 0.5) is 8.78 Å². The molecule has 0 amide bonds. The second-order valence-corrected chi connectivity index (χ2v) is 4.82. The van der Waals surface area contributed by atoms with Crippen molar-refractivity contribution in [2.24, 2.45) is 11.1 Å². The molecule has 0 saturated carbocycles. The van der Waals surface area contributed by atoms with E-state index in [1.54, 1.807) is 4.90 Å². The lowest BCUT2D eigenvalue weighted by Crippen LogP contribution is -2.61. The number of likely N-dealkylation sites (tertiary alicyclic amines) is 1. The number of ether oxygens (including phenoxy) is 1. The zero-order valence-electron chi connectivity index (χ0n) is 8.85. The number of hydrogen-bond donors (Lipinski definition) is 1. The van der Waals surface area contributed by atoms with Gasteiger partial charge in [-0.15, -0.1) is 0 Å². The summed E-state index contributed by atoms with van der Waals surface area (Å²) >= 11 is 0. The summed E-state index contributed by atoms with van der Waals surface area (Å²) in [5, 5.41) is 0. The van der Waals surface area contributed by atoms with Gasteiger partial charge in [-0.05, 0) is 12.8 Å². The maximum Gasteiger partial charge on any atom is 0.272 e. The number of nitrogens with two attached hydrogens (primary N) is 1. The maximum atomic E-state index is 13.0. The van der Waals surface area contributed by atoms with Crippen molar-refractivity contribution < 1.29 is 13.5 Å². The number of nitrogens with zero attached hydrogens (tertiary/aromatic N) is 1. The Morgan fingerprint density at radius 2 is 1.87 bits per heavy atom. The normalized spacial score (nSPS) is 26.6. The van der Waals surface area contributed by atoms with Crippen LogP contribution in [0.3, 0.4) is 0 Å². The van der Waals surface area contributed by atoms with Crippen molar-refractivity contribution in [3.05, 3.63) is 0 Å². The first kappa shape index (κ1) is 11.2. The third-order valence-corrected chi connectivity index (χ3v) is 3.43. The Balaban J connectivity index is 1.77. The van der Waals surface area contributed by atoms with Gasteiger partial charge in [-0.3, -0.25) is 4.90 Å². The molecule has 0 aromatic carbocycles. The topological polar surface area (TPSA) is 38.5 Å². The van der Waals surface area contributed by atoms with E-state index in [4.69, 9.17) is 10.5 Å². The molecule has 0 atom stereocenters. The van der Waals surface area contributed by atoms with E-state index in [-0.39, 0.29) is 12.0 Å². The molecule has 5 heteroatoms. The molecule has 2 heterocycles. The van der Waals surface area contributed by atoms with Gasteiger partial charge in [0.15, 0.2) is 0 Å². The molecule has 2 N–H and O–H groups in total. The zero-order chi connectivity index (χ0) is 10.9. The van der Waals surface area contributed by atoms with Crippen LogP contribution >= 0.6 is 0 Å². The maximum absolute atomic E-state index is 13.0. The number of alkyl halides is 2. The van der Waals surface area contributed by atoms with Gasteiger partial charge in [-0.25, -0.2) is 8.78 Å². The average Bonchev–Trinajstić information content (AvgIpc) is 2.17. The molecule has 0 aromatic rings. The van der Waals surface area contributed by atoms with Crippen LogP contribution in [0, 0.1) is 5.41 Å². The van der Waals surface area contributed by atoms with E-state index < -0.39 is 12.5 Å². The van der Waals surface area contributed by atoms with Gasteiger partial charge in [0, 0.05) is 31.7 Å². The second-order valence-electron chi connectivity index (χ2n) is 4.82. The van der Waals surface area contributed by atoms with Gasteiger partial charge in [-0.2, -0.15) is 0 Å². The van der Waals surface area contributed by atoms with E-state index >= 15 is 0 Å². The molecule has 15 heavy (non-hydrogen) atoms. The molecular weight excluding hydrogens is 202 g/mol. The van der Waals surface area contributed by atoms with Crippen molar-refractivity contribution in [1.82, 2.24) is 4.90 Å². The van der Waals surface area contributed by atoms with Crippen LogP contribution < -0.4 is 5.73 Å². The highest BCUT2D eigenvalue weighted by atomic mass is 19.3. The molecule has 2 rings (SSSR count). The van der Waals surface area contributed by atoms with Crippen LogP contribution in [0.5, 0.6) is 0 Å². The van der Waals surface area contributed by atoms with Crippen LogP contribution in [0.15, 0.2) is 0 Å². The molecule has 0 bridgehead atoms. The van der Waals surface area contributed by atoms with E-state index in [1.807, 2.05) is 0 Å². The number of hydrogen-bond acceptors (Lipinski definition) is 3. The molecule has 2 saturated heterocycles. The minimum atomic E-state index is -2.73. The minimum Gasteiger partial charge on any atom is -0.381 e. The van der Waals surface area contributed by atoms with E-state index in [0.29, 0.717) is 0 Å². The smallest absolute Gasteiger partial charge is 0.272 e. The highest BCUT2D eigenvalue weighted by Crippen LogP contribution is 2.40. The van der Waals surface area contributed by atoms with E-state index in [1.165, 1.54) is 0 Å². The van der Waals surface area contributed by atoms with Crippen molar-refractivity contribution in [1.29, 1.82) is 0 Å². The predicted octanol–water partition coefficient (Wildman–Crippen LogP) is 0.693. The Morgan fingerprint density at radius 1 is 1.27 bits per heavy atom. The van der Waals surface area contributed by atoms with Crippen molar-refractivity contribution in [2.75, 3.05) is 39.4 Å². The van der Waals surface area contributed by atoms with E-state index in [9.17, 15) is 8.78 Å². The van der Waals surface area contributed by atoms with E-state index in [0.717, 1.165) is 39.1 Å². The minimum absolute atomic E-state index is 0.188. The first-order chi connectivity index (χ1) is 7.05. The second kappa shape index (κ2) is 3.96. The molecule has 0 radical (unpaired) electrons. The van der Waals surface area contributed by atoms with Gasteiger partial charge in [0.05, 0.1) is 13.1 Å². The quantitative estimate of drug-likeness (QED) is 0.760. The Bertz CT molecular complexity index is 221. The first-order valence-electron chi connectivity index (χ1n) is 5.43. The molecule has 0 unspecified atom stereocenters. The summed E-state index contributed by atoms with van der Waals surface area (Å²) in [6, 6.07) is 0. The van der Waals surface area contributed by atoms with Crippen LogP contribution in [0.2, 0.25) is 0 Å². The number of halogens is 2. The molecule has 3 nitrogen and oxygen atoms in total. The molecule has 0 aliphatic carbocycles. The van der Waals surface area contributed by atoms with Gasteiger partial charge >= 0.3 is 0 Å². The Kier molecular flexibility index (Phi) is 2.96. The fraction of sp³-hybridized carbons (Fsp3) is 1.00. The van der Waals surface area contributed by atoms with Crippen LogP contribution in [0.25, 0.3) is 0 Å². The van der Waals surface area contributed by atoms with Crippen molar-refractivity contribution >= 4 is 0 Å². The summed E-state index contributed by atoms with van der Waals surface area (Å²) in [4.78, 5) is 1.80. The fourth-order valence-electron chi connectivity index (χ4n) is 2.53. The third-order valence-electron chi connectivity index (χ3n) is 3.43. The number of rotatable bonds is 3. The van der Waals surface area contributed by atoms with Crippen LogP contribution in [-0.4, -0.2) is 50.2 Å². The molecule has 2 aliphatic rings. The summed E-state index contributed by atoms with van der Waals surface area (Å²) in [6.07, 6.45) is 2.02. The van der Waals surface area contributed by atoms with E-state index in [2.05, 4.69) is 0 Å². The molecular formula is C10H18F2N2O. The Morgan fingerprint density at radius 3 is 2.40 bits per heavy atom. The summed E-state index contributed by atoms with van der Waals surface area (Å²) < 4.78 is 31.2. The van der Waals surface area contributed by atoms with Gasteiger partial charge in [0.1, 0.15) is 0 Å². The van der Waals surface area contributed by atoms with Gasteiger partial charge in [0.25, 0.3) is 5.92 Å². The summed E-state index contributed by atoms with van der Waals surface area (Å²) in [6.45, 7) is 2.38. The summed E-state index contributed by atoms with van der Waals surface area (Å²) in [7, 11) is 0. The molecule has 2 fully saturated rings. The lowest BCUT2D eigenvalue weighted by Gasteiger charge is -2.52. The monoisotopic (exact) mass is 220 g/mol. The molecule has 88 valence electrons. The SMILES string of the molecule is NCC(F)(F)CN1CC2(CCOCC2)C1. The Hall–Kier alpha value is -0.260. The highest BCUT2D eigenvalue weighted by Gasteiger charge is 2.46. The van der Waals surface area contributed by atoms with Crippen LogP contribution in [0.1, 0.15) is 12.8 Å². The fourth-order valence-corrected chi connectivity index (χ4v) is 2.53. The standard InChI is InChI=1S/C10H18F2N2O/c11-10(12,5-13)8-14-6-9(7-14)1-3-15-4-2-9/h1-8,13H2. The van der Waals surface area contributed by atoms with Crippen molar-refractivity contribution in [3.63, 3.8) is 0 Å². The third kappa shape index (κ3) is 2.46. The molecule has 1 spiro atoms. The Labute approximate surface area is 88.6 Å².